The lowest BCUT2D eigenvalue weighted by molar-refractivity contribution is -0.116. The smallest absolute Gasteiger partial charge is 0.272 e. The van der Waals surface area contributed by atoms with E-state index in [4.69, 9.17) is 32.7 Å². The van der Waals surface area contributed by atoms with E-state index in [1.54, 1.807) is 92.0 Å². The summed E-state index contributed by atoms with van der Waals surface area (Å²) in [6.07, 6.45) is 1.48. The minimum Gasteiger partial charge on any atom is -0.497 e. The van der Waals surface area contributed by atoms with Gasteiger partial charge < -0.3 is 25.4 Å². The van der Waals surface area contributed by atoms with Gasteiger partial charge in [0.05, 0.1) is 19.9 Å². The lowest BCUT2D eigenvalue weighted by Crippen LogP contribution is -2.30. The van der Waals surface area contributed by atoms with Crippen LogP contribution in [0.2, 0.25) is 10.0 Å². The Morgan fingerprint density at radius 3 is 2.18 bits per heavy atom. The maximum Gasteiger partial charge on any atom is 0.272 e. The van der Waals surface area contributed by atoms with E-state index in [2.05, 4.69) is 16.0 Å². The fourth-order valence-corrected chi connectivity index (χ4v) is 6.26. The van der Waals surface area contributed by atoms with Gasteiger partial charge in [-0.3, -0.25) is 14.4 Å². The number of carbonyl (C=O) groups excluding carboxylic acids is 3. The number of rotatable bonds is 12. The first-order chi connectivity index (χ1) is 23.7. The molecule has 0 heterocycles. The molecule has 8 nitrogen and oxygen atoms in total. The Hall–Kier alpha value is -5.22. The quantitative estimate of drug-likeness (QED) is 0.0882. The van der Waals surface area contributed by atoms with Crippen LogP contribution in [0.25, 0.3) is 6.08 Å². The number of thioether (sulfide) groups is 1. The van der Waals surface area contributed by atoms with Gasteiger partial charge in [-0.05, 0) is 71.8 Å². The second kappa shape index (κ2) is 16.7. The first kappa shape index (κ1) is 35.1. The molecule has 5 aromatic carbocycles. The molecule has 11 heteroatoms. The van der Waals surface area contributed by atoms with Gasteiger partial charge in [0, 0.05) is 32.3 Å². The van der Waals surface area contributed by atoms with Gasteiger partial charge in [-0.1, -0.05) is 83.9 Å². The van der Waals surface area contributed by atoms with Crippen LogP contribution in [-0.4, -0.2) is 31.9 Å². The summed E-state index contributed by atoms with van der Waals surface area (Å²) in [6, 6.07) is 35.0. The fraction of sp³-hybridized carbons (Fsp3) is 0.0789. The third kappa shape index (κ3) is 9.45. The van der Waals surface area contributed by atoms with E-state index in [9.17, 15) is 14.4 Å². The molecular formula is C38H31Cl2N3O5S. The van der Waals surface area contributed by atoms with E-state index in [0.29, 0.717) is 48.9 Å². The molecule has 3 amide bonds. The van der Waals surface area contributed by atoms with E-state index in [1.165, 1.54) is 24.9 Å². The maximum atomic E-state index is 13.8. The maximum absolute atomic E-state index is 13.8. The van der Waals surface area contributed by atoms with Crippen LogP contribution in [-0.2, 0) is 9.59 Å². The van der Waals surface area contributed by atoms with Crippen molar-refractivity contribution in [2.45, 2.75) is 10.1 Å². The molecule has 1 unspecified atom stereocenters. The highest BCUT2D eigenvalue weighted by Gasteiger charge is 2.24. The lowest BCUT2D eigenvalue weighted by Gasteiger charge is -2.19. The Bertz CT molecular complexity index is 1990. The third-order valence-corrected chi connectivity index (χ3v) is 8.95. The highest BCUT2D eigenvalue weighted by Crippen LogP contribution is 2.38. The van der Waals surface area contributed by atoms with E-state index < -0.39 is 17.1 Å². The molecule has 0 saturated carbocycles. The fourth-order valence-electron chi connectivity index (χ4n) is 4.71. The van der Waals surface area contributed by atoms with Crippen molar-refractivity contribution in [3.63, 3.8) is 0 Å². The Morgan fingerprint density at radius 2 is 1.49 bits per heavy atom. The molecule has 0 fully saturated rings. The summed E-state index contributed by atoms with van der Waals surface area (Å²) >= 11 is 13.8. The van der Waals surface area contributed by atoms with Crippen LogP contribution >= 0.6 is 35.0 Å². The zero-order valence-electron chi connectivity index (χ0n) is 26.4. The van der Waals surface area contributed by atoms with Gasteiger partial charge in [0.25, 0.3) is 11.8 Å². The van der Waals surface area contributed by atoms with Crippen LogP contribution in [0.3, 0.4) is 0 Å². The number of nitrogens with one attached hydrogen (secondary N) is 3. The van der Waals surface area contributed by atoms with Gasteiger partial charge in [-0.25, -0.2) is 0 Å². The molecule has 5 aromatic rings. The van der Waals surface area contributed by atoms with Gasteiger partial charge in [0.1, 0.15) is 22.4 Å². The largest absolute Gasteiger partial charge is 0.497 e. The zero-order valence-corrected chi connectivity index (χ0v) is 28.7. The highest BCUT2D eigenvalue weighted by molar-refractivity contribution is 8.00. The van der Waals surface area contributed by atoms with Crippen molar-refractivity contribution in [1.82, 2.24) is 5.32 Å². The standard InChI is InChI=1S/C38H31Cl2N3O5S/c1-47-29-18-19-34(48-2)32(23-29)42-38(46)35(24-10-5-3-6-11-24)49-30-15-9-14-28(22-30)41-37(45)33(20-26-16-17-27(39)21-31(26)40)43-36(44)25-12-7-4-8-13-25/h3-23,35H,1-2H3,(H,41,45)(H,42,46)(H,43,44)/b33-20+. The summed E-state index contributed by atoms with van der Waals surface area (Å²) in [5, 5.41) is 8.62. The molecule has 3 N–H and O–H groups in total. The van der Waals surface area contributed by atoms with Crippen LogP contribution in [0.15, 0.2) is 132 Å². The Kier molecular flexibility index (Phi) is 12.0. The number of benzene rings is 5. The first-order valence-corrected chi connectivity index (χ1v) is 16.6. The number of anilines is 2. The molecule has 0 aromatic heterocycles. The number of methoxy groups -OCH3 is 2. The number of hydrogen-bond donors (Lipinski definition) is 3. The number of amides is 3. The van der Waals surface area contributed by atoms with Gasteiger partial charge in [0.15, 0.2) is 0 Å². The molecule has 0 saturated heterocycles. The summed E-state index contributed by atoms with van der Waals surface area (Å²) in [4.78, 5) is 41.3. The topological polar surface area (TPSA) is 106 Å². The highest BCUT2D eigenvalue weighted by atomic mass is 35.5. The van der Waals surface area contributed by atoms with Gasteiger partial charge in [-0.2, -0.15) is 0 Å². The van der Waals surface area contributed by atoms with Crippen LogP contribution in [0.5, 0.6) is 11.5 Å². The summed E-state index contributed by atoms with van der Waals surface area (Å²) in [7, 11) is 3.07. The van der Waals surface area contributed by atoms with E-state index in [-0.39, 0.29) is 11.6 Å². The molecule has 49 heavy (non-hydrogen) atoms. The lowest BCUT2D eigenvalue weighted by atomic mass is 10.1. The van der Waals surface area contributed by atoms with E-state index in [0.717, 1.165) is 5.56 Å². The molecule has 0 aliphatic rings. The molecule has 0 radical (unpaired) electrons. The van der Waals surface area contributed by atoms with Crippen molar-refractivity contribution in [1.29, 1.82) is 0 Å². The van der Waals surface area contributed by atoms with Gasteiger partial charge >= 0.3 is 0 Å². The number of ether oxygens (including phenoxy) is 2. The van der Waals surface area contributed by atoms with E-state index >= 15 is 0 Å². The molecule has 1 atom stereocenters. The molecule has 0 aliphatic heterocycles. The molecule has 0 aliphatic carbocycles. The summed E-state index contributed by atoms with van der Waals surface area (Å²) < 4.78 is 10.8. The van der Waals surface area contributed by atoms with E-state index in [1.807, 2.05) is 36.4 Å². The average molecular weight is 713 g/mol. The molecule has 5 rings (SSSR count). The van der Waals surface area contributed by atoms with Crippen molar-refractivity contribution in [2.75, 3.05) is 24.9 Å². The normalized spacial score (nSPS) is 11.6. The SMILES string of the molecule is COc1ccc(OC)c(NC(=O)C(Sc2cccc(NC(=O)/C(=C\c3ccc(Cl)cc3Cl)NC(=O)c3ccccc3)c2)c2ccccc2)c1. The summed E-state index contributed by atoms with van der Waals surface area (Å²) in [6.45, 7) is 0. The van der Waals surface area contributed by atoms with Crippen molar-refractivity contribution in [3.8, 4) is 11.5 Å². The number of hydrogen-bond acceptors (Lipinski definition) is 6. The van der Waals surface area contributed by atoms with Crippen LogP contribution in [0, 0.1) is 0 Å². The Morgan fingerprint density at radius 1 is 0.755 bits per heavy atom. The first-order valence-electron chi connectivity index (χ1n) is 14.9. The molecule has 0 spiro atoms. The number of carbonyl (C=O) groups is 3. The average Bonchev–Trinajstić information content (AvgIpc) is 3.12. The van der Waals surface area contributed by atoms with Crippen LogP contribution in [0.1, 0.15) is 26.7 Å². The van der Waals surface area contributed by atoms with Crippen molar-refractivity contribution in [2.24, 2.45) is 0 Å². The second-order valence-corrected chi connectivity index (χ2v) is 12.5. The summed E-state index contributed by atoms with van der Waals surface area (Å²) in [5.74, 6) is -0.291. The third-order valence-electron chi connectivity index (χ3n) is 7.14. The van der Waals surface area contributed by atoms with Crippen molar-refractivity contribution < 1.29 is 23.9 Å². The van der Waals surface area contributed by atoms with Crippen LogP contribution < -0.4 is 25.4 Å². The second-order valence-electron chi connectivity index (χ2n) is 10.5. The Balaban J connectivity index is 1.40. The van der Waals surface area contributed by atoms with Crippen molar-refractivity contribution in [3.05, 3.63) is 154 Å². The van der Waals surface area contributed by atoms with Gasteiger partial charge in [0.2, 0.25) is 5.91 Å². The van der Waals surface area contributed by atoms with Crippen LogP contribution in [0.4, 0.5) is 11.4 Å². The van der Waals surface area contributed by atoms with Gasteiger partial charge in [-0.15, -0.1) is 11.8 Å². The molecule has 248 valence electrons. The Labute approximate surface area is 298 Å². The molecule has 0 bridgehead atoms. The predicted octanol–water partition coefficient (Wildman–Crippen LogP) is 8.89. The summed E-state index contributed by atoms with van der Waals surface area (Å²) in [5.41, 5.74) is 2.50. The molecular weight excluding hydrogens is 681 g/mol. The monoisotopic (exact) mass is 711 g/mol. The van der Waals surface area contributed by atoms with Crippen molar-refractivity contribution >= 4 is 70.1 Å². The predicted molar refractivity (Wildman–Crippen MR) is 197 cm³/mol. The zero-order chi connectivity index (χ0) is 34.8. The minimum absolute atomic E-state index is 0.0371. The number of halogens is 2. The minimum atomic E-state index is -0.671.